The van der Waals surface area contributed by atoms with Crippen LogP contribution in [0, 0.1) is 0 Å². The van der Waals surface area contributed by atoms with Crippen LogP contribution >= 0.6 is 0 Å². The minimum Gasteiger partial charge on any atom is -0.388 e. The van der Waals surface area contributed by atoms with E-state index in [0.29, 0.717) is 26.2 Å². The Bertz CT molecular complexity index is 369. The van der Waals surface area contributed by atoms with E-state index >= 15 is 0 Å². The first-order valence-electron chi connectivity index (χ1n) is 7.02. The first-order valence-corrected chi connectivity index (χ1v) is 7.02. The number of piperazine rings is 1. The molecule has 2 rings (SSSR count). The van der Waals surface area contributed by atoms with Crippen molar-refractivity contribution in [3.63, 3.8) is 0 Å². The lowest BCUT2D eigenvalue weighted by molar-refractivity contribution is -0.130. The number of ether oxygens (including phenoxy) is 1. The van der Waals surface area contributed by atoms with E-state index in [2.05, 4.69) is 10.2 Å². The van der Waals surface area contributed by atoms with E-state index < -0.39 is 6.10 Å². The lowest BCUT2D eigenvalue weighted by Crippen LogP contribution is -2.52. The number of hydrogen-bond acceptors (Lipinski definition) is 5. The number of aliphatic hydroxyl groups excluding tert-OH is 1. The van der Waals surface area contributed by atoms with Gasteiger partial charge in [-0.25, -0.2) is 0 Å². The number of carbonyl (C=O) groups is 2. The Labute approximate surface area is 118 Å². The van der Waals surface area contributed by atoms with Gasteiger partial charge >= 0.3 is 0 Å². The summed E-state index contributed by atoms with van der Waals surface area (Å²) in [5.74, 6) is -0.0547. The van der Waals surface area contributed by atoms with E-state index in [1.165, 1.54) is 6.92 Å². The summed E-state index contributed by atoms with van der Waals surface area (Å²) in [5.41, 5.74) is 0. The van der Waals surface area contributed by atoms with Gasteiger partial charge in [0.2, 0.25) is 11.8 Å². The van der Waals surface area contributed by atoms with Crippen LogP contribution in [0.1, 0.15) is 13.8 Å². The van der Waals surface area contributed by atoms with Gasteiger partial charge in [0.15, 0.2) is 0 Å². The van der Waals surface area contributed by atoms with Crippen molar-refractivity contribution in [2.45, 2.75) is 32.1 Å². The summed E-state index contributed by atoms with van der Waals surface area (Å²) in [6.45, 7) is 6.99. The van der Waals surface area contributed by atoms with Crippen LogP contribution in [0.25, 0.3) is 0 Å². The predicted octanol–water partition coefficient (Wildman–Crippen LogP) is -1.59. The number of nitrogens with zero attached hydrogens (tertiary/aromatic N) is 2. The van der Waals surface area contributed by atoms with E-state index in [0.717, 1.165) is 13.1 Å². The van der Waals surface area contributed by atoms with Crippen LogP contribution in [-0.4, -0.2) is 84.3 Å². The molecule has 2 amide bonds. The molecule has 0 aromatic heterocycles. The van der Waals surface area contributed by atoms with E-state index in [-0.39, 0.29) is 24.0 Å². The van der Waals surface area contributed by atoms with Crippen LogP contribution in [-0.2, 0) is 14.3 Å². The molecule has 0 spiro atoms. The van der Waals surface area contributed by atoms with Crippen molar-refractivity contribution in [2.75, 3.05) is 39.3 Å². The third-order valence-electron chi connectivity index (χ3n) is 3.93. The minimum absolute atomic E-state index is 0.104. The highest BCUT2D eigenvalue weighted by Crippen LogP contribution is 2.16. The molecule has 0 radical (unpaired) electrons. The minimum atomic E-state index is -0.676. The van der Waals surface area contributed by atoms with Crippen molar-refractivity contribution in [3.05, 3.63) is 0 Å². The average molecular weight is 285 g/mol. The van der Waals surface area contributed by atoms with Gasteiger partial charge in [0, 0.05) is 46.6 Å². The van der Waals surface area contributed by atoms with Crippen molar-refractivity contribution in [2.24, 2.45) is 0 Å². The first kappa shape index (κ1) is 15.2. The summed E-state index contributed by atoms with van der Waals surface area (Å²) in [7, 11) is 0. The molecule has 2 heterocycles. The van der Waals surface area contributed by atoms with Crippen LogP contribution in [0.5, 0.6) is 0 Å². The summed E-state index contributed by atoms with van der Waals surface area (Å²) in [4.78, 5) is 26.3. The molecule has 2 saturated heterocycles. The van der Waals surface area contributed by atoms with Crippen LogP contribution < -0.4 is 5.32 Å². The van der Waals surface area contributed by atoms with Crippen molar-refractivity contribution in [1.29, 1.82) is 0 Å². The van der Waals surface area contributed by atoms with Gasteiger partial charge in [0.25, 0.3) is 0 Å². The quantitative estimate of drug-likeness (QED) is 0.654. The summed E-state index contributed by atoms with van der Waals surface area (Å²) in [6.07, 6.45) is -0.958. The van der Waals surface area contributed by atoms with E-state index in [1.54, 1.807) is 6.92 Å². The van der Waals surface area contributed by atoms with Gasteiger partial charge in [-0.1, -0.05) is 0 Å². The molecular formula is C13H23N3O4. The van der Waals surface area contributed by atoms with Crippen LogP contribution in [0.15, 0.2) is 0 Å². The summed E-state index contributed by atoms with van der Waals surface area (Å²) in [6, 6.07) is -0.323. The standard InChI is InChI=1S/C13H23N3O4/c1-9(17)14-11-8-20-12(13(11)19)7-15-3-5-16(6-4-15)10(2)18/h11-13,19H,3-8H2,1-2H3,(H,14,17). The Hall–Kier alpha value is -1.18. The zero-order valence-electron chi connectivity index (χ0n) is 12.0. The number of amides is 2. The maximum absolute atomic E-state index is 11.3. The molecule has 0 bridgehead atoms. The molecule has 2 aliphatic rings. The van der Waals surface area contributed by atoms with Crippen molar-refractivity contribution >= 4 is 11.8 Å². The van der Waals surface area contributed by atoms with E-state index in [1.807, 2.05) is 4.90 Å². The normalized spacial score (nSPS) is 31.4. The molecule has 0 saturated carbocycles. The number of hydrogen-bond donors (Lipinski definition) is 2. The predicted molar refractivity (Wildman–Crippen MR) is 72.0 cm³/mol. The SMILES string of the molecule is CC(=O)NC1COC(CN2CCN(C(C)=O)CC2)C1O. The highest BCUT2D eigenvalue weighted by molar-refractivity contribution is 5.73. The third kappa shape index (κ3) is 3.68. The number of aliphatic hydroxyl groups is 1. The number of nitrogens with one attached hydrogen (secondary N) is 1. The highest BCUT2D eigenvalue weighted by atomic mass is 16.5. The maximum atomic E-state index is 11.3. The first-order chi connectivity index (χ1) is 9.47. The van der Waals surface area contributed by atoms with Crippen LogP contribution in [0.2, 0.25) is 0 Å². The monoisotopic (exact) mass is 285 g/mol. The van der Waals surface area contributed by atoms with Gasteiger partial charge < -0.3 is 20.1 Å². The zero-order chi connectivity index (χ0) is 14.7. The Balaban J connectivity index is 1.77. The fraction of sp³-hybridized carbons (Fsp3) is 0.846. The van der Waals surface area contributed by atoms with Crippen molar-refractivity contribution in [1.82, 2.24) is 15.1 Å². The molecule has 0 aliphatic carbocycles. The molecule has 20 heavy (non-hydrogen) atoms. The molecular weight excluding hydrogens is 262 g/mol. The lowest BCUT2D eigenvalue weighted by atomic mass is 10.1. The lowest BCUT2D eigenvalue weighted by Gasteiger charge is -2.35. The Morgan fingerprint density at radius 3 is 2.45 bits per heavy atom. The number of rotatable bonds is 3. The summed E-state index contributed by atoms with van der Waals surface area (Å²) >= 11 is 0. The second kappa shape index (κ2) is 6.51. The summed E-state index contributed by atoms with van der Waals surface area (Å²) in [5, 5.41) is 12.8. The Kier molecular flexibility index (Phi) is 4.95. The maximum Gasteiger partial charge on any atom is 0.219 e. The molecule has 3 atom stereocenters. The van der Waals surface area contributed by atoms with Gasteiger partial charge in [-0.3, -0.25) is 14.5 Å². The van der Waals surface area contributed by atoms with Gasteiger partial charge in [-0.2, -0.15) is 0 Å². The van der Waals surface area contributed by atoms with Crippen LogP contribution in [0.4, 0.5) is 0 Å². The van der Waals surface area contributed by atoms with Gasteiger partial charge in [-0.15, -0.1) is 0 Å². The Morgan fingerprint density at radius 2 is 1.90 bits per heavy atom. The largest absolute Gasteiger partial charge is 0.388 e. The van der Waals surface area contributed by atoms with E-state index in [9.17, 15) is 14.7 Å². The fourth-order valence-electron chi connectivity index (χ4n) is 2.73. The third-order valence-corrected chi connectivity index (χ3v) is 3.93. The molecule has 7 nitrogen and oxygen atoms in total. The molecule has 2 aliphatic heterocycles. The molecule has 3 unspecified atom stereocenters. The fourth-order valence-corrected chi connectivity index (χ4v) is 2.73. The molecule has 2 N–H and O–H groups in total. The molecule has 7 heteroatoms. The second-order valence-electron chi connectivity index (χ2n) is 5.48. The topological polar surface area (TPSA) is 82.1 Å². The smallest absolute Gasteiger partial charge is 0.219 e. The van der Waals surface area contributed by atoms with Crippen LogP contribution in [0.3, 0.4) is 0 Å². The number of carbonyl (C=O) groups excluding carboxylic acids is 2. The Morgan fingerprint density at radius 1 is 1.25 bits per heavy atom. The van der Waals surface area contributed by atoms with Gasteiger partial charge in [-0.05, 0) is 0 Å². The average Bonchev–Trinajstić information content (AvgIpc) is 2.71. The second-order valence-corrected chi connectivity index (χ2v) is 5.48. The van der Waals surface area contributed by atoms with Gasteiger partial charge in [0.1, 0.15) is 6.10 Å². The molecule has 0 aromatic rings. The molecule has 2 fully saturated rings. The molecule has 114 valence electrons. The van der Waals surface area contributed by atoms with E-state index in [4.69, 9.17) is 4.74 Å². The summed E-state index contributed by atoms with van der Waals surface area (Å²) < 4.78 is 5.57. The van der Waals surface area contributed by atoms with Crippen molar-refractivity contribution < 1.29 is 19.4 Å². The van der Waals surface area contributed by atoms with Gasteiger partial charge in [0.05, 0.1) is 18.8 Å². The van der Waals surface area contributed by atoms with Crippen molar-refractivity contribution in [3.8, 4) is 0 Å². The zero-order valence-corrected chi connectivity index (χ0v) is 12.0. The molecule has 0 aromatic carbocycles. The highest BCUT2D eigenvalue weighted by Gasteiger charge is 2.37.